The van der Waals surface area contributed by atoms with Crippen LogP contribution in [0.2, 0.25) is 0 Å². The Morgan fingerprint density at radius 1 is 1.37 bits per heavy atom. The molecular formula is C14H13FN4. The minimum Gasteiger partial charge on any atom is -0.325 e. The minimum atomic E-state index is -0.222. The fraction of sp³-hybridized carbons (Fsp3) is 0.143. The molecule has 2 aromatic heterocycles. The van der Waals surface area contributed by atoms with Crippen molar-refractivity contribution in [2.24, 2.45) is 5.73 Å². The molecule has 0 saturated carbocycles. The zero-order valence-corrected chi connectivity index (χ0v) is 10.5. The summed E-state index contributed by atoms with van der Waals surface area (Å²) >= 11 is 0. The first-order chi connectivity index (χ1) is 9.20. The molecule has 0 aliphatic rings. The maximum atomic E-state index is 13.3. The van der Waals surface area contributed by atoms with Crippen molar-refractivity contribution in [1.29, 1.82) is 0 Å². The minimum absolute atomic E-state index is 0.222. The van der Waals surface area contributed by atoms with Crippen molar-refractivity contribution >= 4 is 5.78 Å². The smallest absolute Gasteiger partial charge is 0.234 e. The zero-order chi connectivity index (χ0) is 13.4. The number of hydrogen-bond donors (Lipinski definition) is 1. The first-order valence-corrected chi connectivity index (χ1v) is 5.99. The van der Waals surface area contributed by atoms with E-state index in [0.717, 1.165) is 17.0 Å². The van der Waals surface area contributed by atoms with Gasteiger partial charge in [0, 0.05) is 24.5 Å². The van der Waals surface area contributed by atoms with E-state index in [1.165, 1.54) is 6.07 Å². The highest BCUT2D eigenvalue weighted by molar-refractivity contribution is 5.66. The van der Waals surface area contributed by atoms with E-state index in [1.807, 2.05) is 16.7 Å². The Hall–Kier alpha value is -2.27. The summed E-state index contributed by atoms with van der Waals surface area (Å²) in [7, 11) is 0. The zero-order valence-electron chi connectivity index (χ0n) is 10.5. The van der Waals surface area contributed by atoms with Crippen LogP contribution in [-0.4, -0.2) is 14.4 Å². The average Bonchev–Trinajstić information content (AvgIpc) is 2.80. The molecule has 0 atom stereocenters. The number of halogens is 1. The molecule has 0 saturated heterocycles. The summed E-state index contributed by atoms with van der Waals surface area (Å²) in [5, 5.41) is 0. The number of rotatable bonds is 2. The van der Waals surface area contributed by atoms with Crippen LogP contribution in [0.15, 0.2) is 36.7 Å². The third-order valence-electron chi connectivity index (χ3n) is 3.13. The Labute approximate surface area is 109 Å². The quantitative estimate of drug-likeness (QED) is 0.765. The number of imidazole rings is 1. The Morgan fingerprint density at radius 3 is 2.95 bits per heavy atom. The summed E-state index contributed by atoms with van der Waals surface area (Å²) in [6, 6.07) is 6.76. The van der Waals surface area contributed by atoms with Crippen LogP contribution in [0.25, 0.3) is 17.0 Å². The molecule has 3 aromatic rings. The third kappa shape index (κ3) is 1.88. The van der Waals surface area contributed by atoms with Crippen LogP contribution >= 0.6 is 0 Å². The van der Waals surface area contributed by atoms with Crippen molar-refractivity contribution in [2.45, 2.75) is 13.5 Å². The van der Waals surface area contributed by atoms with E-state index in [2.05, 4.69) is 9.97 Å². The van der Waals surface area contributed by atoms with Crippen LogP contribution in [0, 0.1) is 12.7 Å². The van der Waals surface area contributed by atoms with Crippen molar-refractivity contribution in [3.8, 4) is 11.3 Å². The number of benzene rings is 1. The number of nitrogens with two attached hydrogens (primary N) is 1. The SMILES string of the molecule is Cc1cc(-c2nc3ncccn3c2CN)ccc1F. The van der Waals surface area contributed by atoms with Crippen molar-refractivity contribution < 1.29 is 4.39 Å². The first-order valence-electron chi connectivity index (χ1n) is 5.99. The molecular weight excluding hydrogens is 243 g/mol. The van der Waals surface area contributed by atoms with Crippen LogP contribution in [0.5, 0.6) is 0 Å². The van der Waals surface area contributed by atoms with E-state index >= 15 is 0 Å². The second-order valence-corrected chi connectivity index (χ2v) is 4.36. The van der Waals surface area contributed by atoms with Crippen molar-refractivity contribution in [1.82, 2.24) is 14.4 Å². The Bertz CT molecular complexity index is 748. The summed E-state index contributed by atoms with van der Waals surface area (Å²) in [6.45, 7) is 2.08. The summed E-state index contributed by atoms with van der Waals surface area (Å²) in [5.41, 5.74) is 8.87. The molecule has 5 heteroatoms. The van der Waals surface area contributed by atoms with Crippen molar-refractivity contribution in [2.75, 3.05) is 0 Å². The lowest BCUT2D eigenvalue weighted by molar-refractivity contribution is 0.618. The van der Waals surface area contributed by atoms with E-state index < -0.39 is 0 Å². The molecule has 0 aliphatic carbocycles. The van der Waals surface area contributed by atoms with Gasteiger partial charge in [0.15, 0.2) is 0 Å². The highest BCUT2D eigenvalue weighted by Crippen LogP contribution is 2.25. The number of nitrogens with zero attached hydrogens (tertiary/aromatic N) is 3. The number of aromatic nitrogens is 3. The topological polar surface area (TPSA) is 56.2 Å². The summed E-state index contributed by atoms with van der Waals surface area (Å²) in [4.78, 5) is 8.67. The molecule has 2 N–H and O–H groups in total. The lowest BCUT2D eigenvalue weighted by Gasteiger charge is -2.03. The fourth-order valence-corrected chi connectivity index (χ4v) is 2.15. The normalized spacial score (nSPS) is 11.1. The van der Waals surface area contributed by atoms with Crippen molar-refractivity contribution in [3.63, 3.8) is 0 Å². The predicted molar refractivity (Wildman–Crippen MR) is 71.0 cm³/mol. The molecule has 1 aromatic carbocycles. The second kappa shape index (κ2) is 4.44. The van der Waals surface area contributed by atoms with Crippen LogP contribution in [0.4, 0.5) is 4.39 Å². The molecule has 4 nitrogen and oxygen atoms in total. The van der Waals surface area contributed by atoms with Crippen molar-refractivity contribution in [3.05, 3.63) is 53.7 Å². The molecule has 3 rings (SSSR count). The fourth-order valence-electron chi connectivity index (χ4n) is 2.15. The van der Waals surface area contributed by atoms with Gasteiger partial charge in [-0.05, 0) is 36.8 Å². The van der Waals surface area contributed by atoms with E-state index in [9.17, 15) is 4.39 Å². The standard InChI is InChI=1S/C14H13FN4/c1-9-7-10(3-4-11(9)15)13-12(8-16)19-6-2-5-17-14(19)18-13/h2-7H,8,16H2,1H3. The molecule has 96 valence electrons. The summed E-state index contributed by atoms with van der Waals surface area (Å²) in [5.74, 6) is 0.375. The molecule has 0 amide bonds. The van der Waals surface area contributed by atoms with Crippen LogP contribution < -0.4 is 5.73 Å². The highest BCUT2D eigenvalue weighted by Gasteiger charge is 2.13. The Balaban J connectivity index is 2.26. The first kappa shape index (κ1) is 11.8. The van der Waals surface area contributed by atoms with E-state index in [-0.39, 0.29) is 5.82 Å². The van der Waals surface area contributed by atoms with Crippen LogP contribution in [0.1, 0.15) is 11.3 Å². The average molecular weight is 256 g/mol. The van der Waals surface area contributed by atoms with Gasteiger partial charge in [-0.2, -0.15) is 0 Å². The van der Waals surface area contributed by atoms with Gasteiger partial charge < -0.3 is 5.73 Å². The molecule has 0 spiro atoms. The molecule has 0 bridgehead atoms. The van der Waals surface area contributed by atoms with Gasteiger partial charge in [0.2, 0.25) is 5.78 Å². The monoisotopic (exact) mass is 256 g/mol. The summed E-state index contributed by atoms with van der Waals surface area (Å²) in [6.07, 6.45) is 3.56. The molecule has 0 radical (unpaired) electrons. The van der Waals surface area contributed by atoms with Gasteiger partial charge in [-0.15, -0.1) is 0 Å². The summed E-state index contributed by atoms with van der Waals surface area (Å²) < 4.78 is 15.2. The lowest BCUT2D eigenvalue weighted by atomic mass is 10.1. The van der Waals surface area contributed by atoms with Gasteiger partial charge >= 0.3 is 0 Å². The van der Waals surface area contributed by atoms with Gasteiger partial charge in [0.05, 0.1) is 11.4 Å². The molecule has 2 heterocycles. The molecule has 0 aliphatic heterocycles. The Morgan fingerprint density at radius 2 is 2.21 bits per heavy atom. The van der Waals surface area contributed by atoms with Gasteiger partial charge in [0.25, 0.3) is 0 Å². The number of aryl methyl sites for hydroxylation is 1. The van der Waals surface area contributed by atoms with Crippen LogP contribution in [-0.2, 0) is 6.54 Å². The highest BCUT2D eigenvalue weighted by atomic mass is 19.1. The van der Waals surface area contributed by atoms with Gasteiger partial charge in [-0.25, -0.2) is 14.4 Å². The van der Waals surface area contributed by atoms with Gasteiger partial charge in [-0.1, -0.05) is 0 Å². The molecule has 19 heavy (non-hydrogen) atoms. The molecule has 0 fully saturated rings. The maximum absolute atomic E-state index is 13.3. The second-order valence-electron chi connectivity index (χ2n) is 4.36. The predicted octanol–water partition coefficient (Wildman–Crippen LogP) is 2.30. The van der Waals surface area contributed by atoms with E-state index in [0.29, 0.717) is 17.9 Å². The van der Waals surface area contributed by atoms with Gasteiger partial charge in [0.1, 0.15) is 5.82 Å². The lowest BCUT2D eigenvalue weighted by Crippen LogP contribution is -2.02. The third-order valence-corrected chi connectivity index (χ3v) is 3.13. The maximum Gasteiger partial charge on any atom is 0.234 e. The van der Waals surface area contributed by atoms with E-state index in [4.69, 9.17) is 5.73 Å². The number of fused-ring (bicyclic) bond motifs is 1. The van der Waals surface area contributed by atoms with Gasteiger partial charge in [-0.3, -0.25) is 4.40 Å². The molecule has 0 unspecified atom stereocenters. The van der Waals surface area contributed by atoms with Crippen LogP contribution in [0.3, 0.4) is 0 Å². The van der Waals surface area contributed by atoms with E-state index in [1.54, 1.807) is 25.3 Å². The number of hydrogen-bond acceptors (Lipinski definition) is 3. The Kier molecular flexibility index (Phi) is 2.76. The largest absolute Gasteiger partial charge is 0.325 e.